The van der Waals surface area contributed by atoms with Gasteiger partial charge in [-0.3, -0.25) is 19.1 Å². The normalized spacial score (nSPS) is 11.4. The molecule has 0 radical (unpaired) electrons. The fourth-order valence-corrected chi connectivity index (χ4v) is 3.56. The Morgan fingerprint density at radius 2 is 1.80 bits per heavy atom. The predicted molar refractivity (Wildman–Crippen MR) is 128 cm³/mol. The van der Waals surface area contributed by atoms with Crippen molar-refractivity contribution in [3.05, 3.63) is 88.4 Å². The number of benzene rings is 1. The van der Waals surface area contributed by atoms with Crippen molar-refractivity contribution >= 4 is 28.3 Å². The van der Waals surface area contributed by atoms with E-state index >= 15 is 0 Å². The number of fused-ring (bicyclic) bond motifs is 1. The molecule has 0 spiro atoms. The van der Waals surface area contributed by atoms with Crippen LogP contribution in [0.2, 0.25) is 0 Å². The molecule has 0 bridgehead atoms. The van der Waals surface area contributed by atoms with Crippen molar-refractivity contribution in [3.63, 3.8) is 0 Å². The van der Waals surface area contributed by atoms with E-state index in [9.17, 15) is 18.4 Å². The highest BCUT2D eigenvalue weighted by molar-refractivity contribution is 5.93. The van der Waals surface area contributed by atoms with E-state index in [1.165, 1.54) is 35.2 Å². The van der Waals surface area contributed by atoms with Crippen molar-refractivity contribution < 1.29 is 13.6 Å². The lowest BCUT2D eigenvalue weighted by molar-refractivity contribution is -0.121. The summed E-state index contributed by atoms with van der Waals surface area (Å²) in [6.07, 6.45) is 4.20. The van der Waals surface area contributed by atoms with Gasteiger partial charge in [0.25, 0.3) is 5.56 Å². The smallest absolute Gasteiger partial charge is 0.306 e. The highest BCUT2D eigenvalue weighted by Crippen LogP contribution is 2.26. The molecule has 0 aliphatic heterocycles. The van der Waals surface area contributed by atoms with Gasteiger partial charge >= 0.3 is 5.92 Å². The molecule has 180 valence electrons. The minimum absolute atomic E-state index is 0.174. The first-order valence-corrected chi connectivity index (χ1v) is 10.7. The molecule has 0 atom stereocenters. The maximum absolute atomic E-state index is 14.4. The van der Waals surface area contributed by atoms with Crippen molar-refractivity contribution in [3.8, 4) is 0 Å². The van der Waals surface area contributed by atoms with Gasteiger partial charge in [0, 0.05) is 36.2 Å². The minimum Gasteiger partial charge on any atom is -0.383 e. The van der Waals surface area contributed by atoms with E-state index in [0.717, 1.165) is 16.3 Å². The molecule has 9 nitrogen and oxygen atoms in total. The summed E-state index contributed by atoms with van der Waals surface area (Å²) in [5, 5.41) is 6.79. The van der Waals surface area contributed by atoms with E-state index in [1.807, 2.05) is 24.3 Å². The number of halogens is 2. The third-order valence-electron chi connectivity index (χ3n) is 5.46. The van der Waals surface area contributed by atoms with E-state index < -0.39 is 29.6 Å². The Morgan fingerprint density at radius 1 is 1.06 bits per heavy atom. The van der Waals surface area contributed by atoms with E-state index in [4.69, 9.17) is 5.73 Å². The Kier molecular flexibility index (Phi) is 6.67. The number of alkyl halides is 2. The number of hydrogen-bond acceptors (Lipinski definition) is 7. The van der Waals surface area contributed by atoms with E-state index in [0.29, 0.717) is 11.5 Å². The predicted octanol–water partition coefficient (Wildman–Crippen LogP) is 2.60. The lowest BCUT2D eigenvalue weighted by Crippen LogP contribution is -2.36. The van der Waals surface area contributed by atoms with Gasteiger partial charge in [-0.05, 0) is 30.0 Å². The second-order valence-electron chi connectivity index (χ2n) is 7.90. The van der Waals surface area contributed by atoms with Gasteiger partial charge in [0.1, 0.15) is 18.1 Å². The largest absolute Gasteiger partial charge is 0.383 e. The summed E-state index contributed by atoms with van der Waals surface area (Å²) in [6.45, 7) is 0.593. The third kappa shape index (κ3) is 5.24. The van der Waals surface area contributed by atoms with E-state index in [2.05, 4.69) is 25.6 Å². The van der Waals surface area contributed by atoms with Gasteiger partial charge in [-0.2, -0.15) is 8.78 Å². The SMILES string of the molecule is Cc1cnc(NCC(F)(F)c2ccccn2)c(=O)n1CC(=O)NCc1cnc(N)c2ccccc12. The molecule has 35 heavy (non-hydrogen) atoms. The average Bonchev–Trinajstić information content (AvgIpc) is 2.86. The van der Waals surface area contributed by atoms with Gasteiger partial charge in [-0.15, -0.1) is 0 Å². The number of aryl methyl sites for hydroxylation is 1. The Balaban J connectivity index is 1.45. The summed E-state index contributed by atoms with van der Waals surface area (Å²) in [6, 6.07) is 11.6. The zero-order valence-electron chi connectivity index (χ0n) is 18.8. The molecule has 0 aliphatic rings. The molecular weight excluding hydrogens is 456 g/mol. The molecule has 0 saturated carbocycles. The van der Waals surface area contributed by atoms with Crippen LogP contribution in [0.15, 0.2) is 65.8 Å². The average molecular weight is 479 g/mol. The number of carbonyl (C=O) groups excluding carboxylic acids is 1. The van der Waals surface area contributed by atoms with Crippen LogP contribution in [-0.4, -0.2) is 32.0 Å². The number of anilines is 2. The van der Waals surface area contributed by atoms with Crippen LogP contribution in [0.4, 0.5) is 20.4 Å². The summed E-state index contributed by atoms with van der Waals surface area (Å²) in [5.41, 5.74) is 5.98. The van der Waals surface area contributed by atoms with Crippen LogP contribution in [0.5, 0.6) is 0 Å². The minimum atomic E-state index is -3.32. The molecule has 3 aromatic heterocycles. The van der Waals surface area contributed by atoms with Crippen LogP contribution >= 0.6 is 0 Å². The van der Waals surface area contributed by atoms with E-state index in [1.54, 1.807) is 13.1 Å². The van der Waals surface area contributed by atoms with Crippen LogP contribution in [0.25, 0.3) is 10.8 Å². The highest BCUT2D eigenvalue weighted by atomic mass is 19.3. The number of nitrogens with zero attached hydrogens (tertiary/aromatic N) is 4. The number of nitrogens with two attached hydrogens (primary N) is 1. The number of nitrogens with one attached hydrogen (secondary N) is 2. The van der Waals surface area contributed by atoms with Crippen LogP contribution < -0.4 is 21.9 Å². The maximum Gasteiger partial charge on any atom is 0.306 e. The molecule has 3 heterocycles. The van der Waals surface area contributed by atoms with Crippen LogP contribution in [0.1, 0.15) is 17.0 Å². The van der Waals surface area contributed by atoms with Crippen molar-refractivity contribution in [2.75, 3.05) is 17.6 Å². The Morgan fingerprint density at radius 3 is 2.54 bits per heavy atom. The summed E-state index contributed by atoms with van der Waals surface area (Å²) < 4.78 is 30.0. The van der Waals surface area contributed by atoms with Crippen LogP contribution in [-0.2, 0) is 23.8 Å². The fraction of sp³-hybridized carbons (Fsp3) is 0.208. The number of carbonyl (C=O) groups is 1. The molecule has 0 unspecified atom stereocenters. The molecule has 1 aromatic carbocycles. The number of hydrogen-bond donors (Lipinski definition) is 3. The number of nitrogen functional groups attached to an aromatic ring is 1. The second kappa shape index (κ2) is 9.84. The first-order chi connectivity index (χ1) is 16.8. The third-order valence-corrected chi connectivity index (χ3v) is 5.46. The fourth-order valence-electron chi connectivity index (χ4n) is 3.56. The molecule has 0 fully saturated rings. The first-order valence-electron chi connectivity index (χ1n) is 10.7. The summed E-state index contributed by atoms with van der Waals surface area (Å²) >= 11 is 0. The first kappa shape index (κ1) is 23.7. The van der Waals surface area contributed by atoms with E-state index in [-0.39, 0.29) is 18.9 Å². The van der Waals surface area contributed by atoms with Gasteiger partial charge in [0.15, 0.2) is 5.82 Å². The lowest BCUT2D eigenvalue weighted by Gasteiger charge is -2.17. The Labute approximate surface area is 199 Å². The van der Waals surface area contributed by atoms with Crippen molar-refractivity contribution in [1.82, 2.24) is 24.8 Å². The summed E-state index contributed by atoms with van der Waals surface area (Å²) in [4.78, 5) is 37.2. The quantitative estimate of drug-likeness (QED) is 0.354. The molecule has 0 saturated heterocycles. The molecule has 11 heteroatoms. The van der Waals surface area contributed by atoms with Crippen molar-refractivity contribution in [2.24, 2.45) is 0 Å². The maximum atomic E-state index is 14.4. The van der Waals surface area contributed by atoms with Gasteiger partial charge in [-0.1, -0.05) is 30.3 Å². The molecule has 4 rings (SSSR count). The number of pyridine rings is 2. The number of aromatic nitrogens is 4. The number of amides is 1. The molecular formula is C24H23F2N7O2. The summed E-state index contributed by atoms with van der Waals surface area (Å²) in [7, 11) is 0. The highest BCUT2D eigenvalue weighted by Gasteiger charge is 2.33. The van der Waals surface area contributed by atoms with Gasteiger partial charge in [0.05, 0.1) is 6.54 Å². The summed E-state index contributed by atoms with van der Waals surface area (Å²) in [5.74, 6) is -3.65. The topological polar surface area (TPSA) is 128 Å². The van der Waals surface area contributed by atoms with Crippen LogP contribution in [0, 0.1) is 6.92 Å². The molecule has 1 amide bonds. The van der Waals surface area contributed by atoms with Gasteiger partial charge in [-0.25, -0.2) is 9.97 Å². The second-order valence-corrected chi connectivity index (χ2v) is 7.90. The lowest BCUT2D eigenvalue weighted by atomic mass is 10.1. The Hall–Kier alpha value is -4.41. The van der Waals surface area contributed by atoms with Crippen molar-refractivity contribution in [1.29, 1.82) is 0 Å². The number of rotatable bonds is 8. The monoisotopic (exact) mass is 479 g/mol. The standard InChI is InChI=1S/C24H23F2N7O2/c1-15-10-31-22(32-14-24(25,26)19-8-4-5-9-28-19)23(35)33(15)13-20(34)29-11-16-12-30-21(27)18-7-3-2-6-17(16)18/h2-10,12H,11,13-14H2,1H3,(H2,27,30)(H,29,34)(H,31,32). The zero-order chi connectivity index (χ0) is 25.0. The van der Waals surface area contributed by atoms with Gasteiger partial charge in [0.2, 0.25) is 5.91 Å². The molecule has 0 aliphatic carbocycles. The molecule has 4 N–H and O–H groups in total. The zero-order valence-corrected chi connectivity index (χ0v) is 18.8. The van der Waals surface area contributed by atoms with Gasteiger partial charge < -0.3 is 16.4 Å². The van der Waals surface area contributed by atoms with Crippen LogP contribution in [0.3, 0.4) is 0 Å². The van der Waals surface area contributed by atoms with Crippen molar-refractivity contribution in [2.45, 2.75) is 25.9 Å². The Bertz CT molecular complexity index is 1420. The molecule has 4 aromatic rings.